The molecule has 0 heterocycles. The fraction of sp³-hybridized carbons (Fsp3) is 0.667. The summed E-state index contributed by atoms with van der Waals surface area (Å²) in [4.78, 5) is 37.3. The number of aliphatic hydroxyl groups excluding tert-OH is 4. The number of phosphoric ester groups is 1. The molecule has 11 heteroatoms. The van der Waals surface area contributed by atoms with Crippen LogP contribution >= 0.6 is 7.82 Å². The van der Waals surface area contributed by atoms with Crippen molar-refractivity contribution in [1.82, 2.24) is 0 Å². The van der Waals surface area contributed by atoms with E-state index in [4.69, 9.17) is 30.2 Å². The van der Waals surface area contributed by atoms with E-state index in [2.05, 4.69) is 4.52 Å². The SMILES string of the molecule is O=C[C@@H](O)[C@@H](O)[C@H](O)[C@@H](O)C(=O)OP(=O)(O)O. The van der Waals surface area contributed by atoms with Crippen LogP contribution in [0.5, 0.6) is 0 Å². The van der Waals surface area contributed by atoms with E-state index >= 15 is 0 Å². The number of carbonyl (C=O) groups excluding carboxylic acids is 2. The molecule has 0 aromatic heterocycles. The van der Waals surface area contributed by atoms with Crippen molar-refractivity contribution >= 4 is 20.1 Å². The number of aliphatic hydroxyl groups is 4. The smallest absolute Gasteiger partial charge is 0.387 e. The summed E-state index contributed by atoms with van der Waals surface area (Å²) in [5, 5.41) is 35.9. The van der Waals surface area contributed by atoms with Crippen LogP contribution < -0.4 is 0 Å². The van der Waals surface area contributed by atoms with E-state index in [-0.39, 0.29) is 6.29 Å². The lowest BCUT2D eigenvalue weighted by atomic mass is 10.0. The molecule has 0 fully saturated rings. The van der Waals surface area contributed by atoms with Gasteiger partial charge in [-0.2, -0.15) is 0 Å². The Morgan fingerprint density at radius 1 is 1.12 bits per heavy atom. The summed E-state index contributed by atoms with van der Waals surface area (Å²) in [7, 11) is -5.21. The molecule has 0 aromatic rings. The minimum atomic E-state index is -5.21. The number of hydrogen-bond donors (Lipinski definition) is 6. The van der Waals surface area contributed by atoms with Gasteiger partial charge in [-0.3, -0.25) is 9.79 Å². The van der Waals surface area contributed by atoms with E-state index in [9.17, 15) is 14.2 Å². The van der Waals surface area contributed by atoms with Crippen LogP contribution in [0.3, 0.4) is 0 Å². The molecule has 17 heavy (non-hydrogen) atoms. The third-order valence-electron chi connectivity index (χ3n) is 1.61. The molecule has 0 radical (unpaired) electrons. The molecule has 0 aliphatic carbocycles. The Hall–Kier alpha value is -0.870. The van der Waals surface area contributed by atoms with Crippen LogP contribution in [0.25, 0.3) is 0 Å². The van der Waals surface area contributed by atoms with Crippen molar-refractivity contribution in [3.05, 3.63) is 0 Å². The predicted octanol–water partition coefficient (Wildman–Crippen LogP) is -3.74. The molecular weight excluding hydrogens is 263 g/mol. The fourth-order valence-corrected chi connectivity index (χ4v) is 1.12. The van der Waals surface area contributed by atoms with Crippen molar-refractivity contribution in [3.8, 4) is 0 Å². The molecule has 0 spiro atoms. The molecular formula is C6H11O10P. The normalized spacial score (nSPS) is 18.9. The Morgan fingerprint density at radius 2 is 1.59 bits per heavy atom. The van der Waals surface area contributed by atoms with Crippen molar-refractivity contribution in [2.45, 2.75) is 24.4 Å². The van der Waals surface area contributed by atoms with Gasteiger partial charge in [0.25, 0.3) is 0 Å². The van der Waals surface area contributed by atoms with E-state index in [1.807, 2.05) is 0 Å². The summed E-state index contributed by atoms with van der Waals surface area (Å²) in [6, 6.07) is 0. The highest BCUT2D eigenvalue weighted by atomic mass is 31.2. The Kier molecular flexibility index (Phi) is 5.85. The van der Waals surface area contributed by atoms with Crippen molar-refractivity contribution in [3.63, 3.8) is 0 Å². The number of carbonyl (C=O) groups is 2. The quantitative estimate of drug-likeness (QED) is 0.208. The molecule has 4 atom stereocenters. The van der Waals surface area contributed by atoms with Crippen molar-refractivity contribution in [2.75, 3.05) is 0 Å². The molecule has 100 valence electrons. The first-order valence-corrected chi connectivity index (χ1v) is 5.59. The second-order valence-electron chi connectivity index (χ2n) is 2.95. The number of hydrogen-bond acceptors (Lipinski definition) is 8. The number of aldehydes is 1. The molecule has 0 saturated carbocycles. The number of rotatable bonds is 6. The molecule has 0 bridgehead atoms. The van der Waals surface area contributed by atoms with Crippen molar-refractivity contribution in [1.29, 1.82) is 0 Å². The van der Waals surface area contributed by atoms with Gasteiger partial charge in [0.2, 0.25) is 0 Å². The van der Waals surface area contributed by atoms with E-state index in [1.54, 1.807) is 0 Å². The Bertz CT molecular complexity index is 323. The summed E-state index contributed by atoms with van der Waals surface area (Å²) < 4.78 is 13.6. The van der Waals surface area contributed by atoms with Gasteiger partial charge in [0.1, 0.15) is 18.3 Å². The molecule has 0 unspecified atom stereocenters. The predicted molar refractivity (Wildman–Crippen MR) is 48.2 cm³/mol. The van der Waals surface area contributed by atoms with E-state index in [0.717, 1.165) is 0 Å². The zero-order chi connectivity index (χ0) is 13.8. The Morgan fingerprint density at radius 3 is 1.94 bits per heavy atom. The van der Waals surface area contributed by atoms with E-state index in [0.29, 0.717) is 0 Å². The first-order chi connectivity index (χ1) is 7.60. The first-order valence-electron chi connectivity index (χ1n) is 4.06. The van der Waals surface area contributed by atoms with Crippen LogP contribution in [0.2, 0.25) is 0 Å². The van der Waals surface area contributed by atoms with Gasteiger partial charge < -0.3 is 29.7 Å². The molecule has 0 amide bonds. The fourth-order valence-electron chi connectivity index (χ4n) is 0.780. The minimum Gasteiger partial charge on any atom is -0.387 e. The molecule has 10 nitrogen and oxygen atoms in total. The van der Waals surface area contributed by atoms with Crippen LogP contribution in [0.1, 0.15) is 0 Å². The van der Waals surface area contributed by atoms with Crippen LogP contribution in [-0.2, 0) is 18.7 Å². The minimum absolute atomic E-state index is 0.172. The van der Waals surface area contributed by atoms with Crippen LogP contribution in [0.15, 0.2) is 0 Å². The van der Waals surface area contributed by atoms with Crippen LogP contribution in [0.4, 0.5) is 0 Å². The zero-order valence-corrected chi connectivity index (χ0v) is 9.04. The topological polar surface area (TPSA) is 182 Å². The largest absolute Gasteiger partial charge is 0.527 e. The maximum atomic E-state index is 10.8. The lowest BCUT2D eigenvalue weighted by Gasteiger charge is -2.22. The van der Waals surface area contributed by atoms with Crippen molar-refractivity contribution < 1.29 is 48.9 Å². The van der Waals surface area contributed by atoms with Gasteiger partial charge >= 0.3 is 13.8 Å². The third-order valence-corrected chi connectivity index (χ3v) is 2.03. The van der Waals surface area contributed by atoms with E-state index in [1.165, 1.54) is 0 Å². The standard InChI is InChI=1S/C6H11O10P/c7-1-2(8)3(9)4(10)5(11)6(12)16-17(13,14)15/h1-5,8-11H,(H2,13,14,15)/t2-,3-,4+,5-/m1/s1. The maximum absolute atomic E-state index is 10.8. The maximum Gasteiger partial charge on any atom is 0.527 e. The summed E-state index contributed by atoms with van der Waals surface area (Å²) in [6.45, 7) is 0. The highest BCUT2D eigenvalue weighted by Crippen LogP contribution is 2.36. The van der Waals surface area contributed by atoms with Gasteiger partial charge in [0.15, 0.2) is 12.4 Å². The molecule has 6 N–H and O–H groups in total. The molecule has 0 saturated heterocycles. The average molecular weight is 274 g/mol. The summed E-state index contributed by atoms with van der Waals surface area (Å²) >= 11 is 0. The molecule has 0 aliphatic heterocycles. The molecule has 0 aromatic carbocycles. The Balaban J connectivity index is 4.59. The van der Waals surface area contributed by atoms with Gasteiger partial charge in [-0.05, 0) is 0 Å². The second-order valence-corrected chi connectivity index (χ2v) is 4.12. The second kappa shape index (κ2) is 6.17. The summed E-state index contributed by atoms with van der Waals surface area (Å²) in [5.74, 6) is -1.91. The molecule has 0 rings (SSSR count). The van der Waals surface area contributed by atoms with E-state index < -0.39 is 38.2 Å². The highest BCUT2D eigenvalue weighted by Gasteiger charge is 2.37. The van der Waals surface area contributed by atoms with Gasteiger partial charge in [0.05, 0.1) is 0 Å². The van der Waals surface area contributed by atoms with Gasteiger partial charge in [0, 0.05) is 0 Å². The van der Waals surface area contributed by atoms with Gasteiger partial charge in [-0.15, -0.1) is 0 Å². The van der Waals surface area contributed by atoms with Gasteiger partial charge in [-0.25, -0.2) is 9.36 Å². The Labute approximate surface area is 94.3 Å². The monoisotopic (exact) mass is 274 g/mol. The number of phosphoric acid groups is 1. The van der Waals surface area contributed by atoms with Crippen molar-refractivity contribution in [2.24, 2.45) is 0 Å². The zero-order valence-electron chi connectivity index (χ0n) is 8.15. The lowest BCUT2D eigenvalue weighted by molar-refractivity contribution is -0.162. The highest BCUT2D eigenvalue weighted by molar-refractivity contribution is 7.46. The summed E-state index contributed by atoms with van der Waals surface area (Å²) in [6.07, 6.45) is -9.36. The molecule has 0 aliphatic rings. The lowest BCUT2D eigenvalue weighted by Crippen LogP contribution is -2.48. The summed E-state index contributed by atoms with van der Waals surface area (Å²) in [5.41, 5.74) is 0. The van der Waals surface area contributed by atoms with Gasteiger partial charge in [-0.1, -0.05) is 0 Å². The third kappa shape index (κ3) is 5.33. The average Bonchev–Trinajstić information content (AvgIpc) is 2.22. The first kappa shape index (κ1) is 16.1. The van der Waals surface area contributed by atoms with Crippen LogP contribution in [0, 0.1) is 0 Å². The van der Waals surface area contributed by atoms with Crippen LogP contribution in [-0.4, -0.2) is 66.9 Å².